The van der Waals surface area contributed by atoms with Crippen LogP contribution in [0.15, 0.2) is 36.8 Å². The number of carbonyl (C=O) groups is 1. The third-order valence-corrected chi connectivity index (χ3v) is 4.24. The molecule has 0 bridgehead atoms. The standard InChI is InChI=1S/C18H21N5O/c1-22-12-17(20-13-22)18(24)21-16-6-3-7-23(11-16)10-15-5-2-4-14(8-15)9-19/h2,4-5,8,12-13,16H,3,6-7,10-11H2,1H3,(H,21,24). The Balaban J connectivity index is 1.58. The van der Waals surface area contributed by atoms with Crippen molar-refractivity contribution in [2.75, 3.05) is 13.1 Å². The minimum atomic E-state index is -0.117. The third kappa shape index (κ3) is 4.00. The third-order valence-electron chi connectivity index (χ3n) is 4.24. The van der Waals surface area contributed by atoms with Crippen LogP contribution in [0.25, 0.3) is 0 Å². The summed E-state index contributed by atoms with van der Waals surface area (Å²) in [5, 5.41) is 12.1. The van der Waals surface area contributed by atoms with Gasteiger partial charge in [-0.05, 0) is 37.1 Å². The molecule has 1 saturated heterocycles. The van der Waals surface area contributed by atoms with Crippen molar-refractivity contribution in [1.29, 1.82) is 5.26 Å². The van der Waals surface area contributed by atoms with Crippen molar-refractivity contribution in [2.24, 2.45) is 7.05 Å². The van der Waals surface area contributed by atoms with Crippen LogP contribution in [0.2, 0.25) is 0 Å². The van der Waals surface area contributed by atoms with Crippen LogP contribution < -0.4 is 5.32 Å². The molecule has 1 N–H and O–H groups in total. The topological polar surface area (TPSA) is 74.0 Å². The number of aryl methyl sites for hydroxylation is 1. The smallest absolute Gasteiger partial charge is 0.271 e. The molecule has 1 aromatic carbocycles. The first-order valence-corrected chi connectivity index (χ1v) is 8.14. The fourth-order valence-corrected chi connectivity index (χ4v) is 3.10. The van der Waals surface area contributed by atoms with E-state index in [4.69, 9.17) is 5.26 Å². The SMILES string of the molecule is Cn1cnc(C(=O)NC2CCCN(Cc3cccc(C#N)c3)C2)c1. The summed E-state index contributed by atoms with van der Waals surface area (Å²) in [5.74, 6) is -0.117. The van der Waals surface area contributed by atoms with E-state index in [2.05, 4.69) is 21.3 Å². The fourth-order valence-electron chi connectivity index (χ4n) is 3.10. The van der Waals surface area contributed by atoms with Crippen molar-refractivity contribution in [3.05, 3.63) is 53.6 Å². The van der Waals surface area contributed by atoms with Crippen LogP contribution in [-0.2, 0) is 13.6 Å². The predicted octanol–water partition coefficient (Wildman–Crippen LogP) is 1.69. The van der Waals surface area contributed by atoms with E-state index in [1.165, 1.54) is 0 Å². The zero-order valence-corrected chi connectivity index (χ0v) is 13.8. The molecule has 0 radical (unpaired) electrons. The minimum Gasteiger partial charge on any atom is -0.347 e. The lowest BCUT2D eigenvalue weighted by atomic mass is 10.0. The maximum absolute atomic E-state index is 12.2. The highest BCUT2D eigenvalue weighted by Crippen LogP contribution is 2.15. The summed E-state index contributed by atoms with van der Waals surface area (Å²) >= 11 is 0. The molecule has 0 spiro atoms. The second-order valence-corrected chi connectivity index (χ2v) is 6.28. The average molecular weight is 323 g/mol. The number of hydrogen-bond donors (Lipinski definition) is 1. The number of aromatic nitrogens is 2. The van der Waals surface area contributed by atoms with Crippen molar-refractivity contribution in [3.63, 3.8) is 0 Å². The summed E-state index contributed by atoms with van der Waals surface area (Å²) < 4.78 is 1.77. The van der Waals surface area contributed by atoms with Gasteiger partial charge in [0.05, 0.1) is 18.0 Å². The number of hydrogen-bond acceptors (Lipinski definition) is 4. The van der Waals surface area contributed by atoms with Gasteiger partial charge in [0.25, 0.3) is 5.91 Å². The molecule has 6 heteroatoms. The largest absolute Gasteiger partial charge is 0.347 e. The molecule has 0 aliphatic carbocycles. The van der Waals surface area contributed by atoms with Gasteiger partial charge in [0.2, 0.25) is 0 Å². The molecule has 1 amide bonds. The number of rotatable bonds is 4. The van der Waals surface area contributed by atoms with Crippen LogP contribution >= 0.6 is 0 Å². The minimum absolute atomic E-state index is 0.117. The van der Waals surface area contributed by atoms with Crippen molar-refractivity contribution in [1.82, 2.24) is 19.8 Å². The van der Waals surface area contributed by atoms with Gasteiger partial charge >= 0.3 is 0 Å². The Morgan fingerprint density at radius 3 is 3.12 bits per heavy atom. The predicted molar refractivity (Wildman–Crippen MR) is 90.1 cm³/mol. The van der Waals surface area contributed by atoms with Crippen LogP contribution in [0.5, 0.6) is 0 Å². The molecule has 1 unspecified atom stereocenters. The van der Waals surface area contributed by atoms with E-state index in [0.29, 0.717) is 11.3 Å². The monoisotopic (exact) mass is 323 g/mol. The number of nitrogens with zero attached hydrogens (tertiary/aromatic N) is 4. The first-order valence-electron chi connectivity index (χ1n) is 8.14. The first-order chi connectivity index (χ1) is 11.6. The van der Waals surface area contributed by atoms with E-state index < -0.39 is 0 Å². The number of likely N-dealkylation sites (tertiary alicyclic amines) is 1. The van der Waals surface area contributed by atoms with Crippen LogP contribution in [0.1, 0.15) is 34.5 Å². The van der Waals surface area contributed by atoms with Gasteiger partial charge < -0.3 is 9.88 Å². The van der Waals surface area contributed by atoms with E-state index in [1.54, 1.807) is 17.1 Å². The Morgan fingerprint density at radius 2 is 2.38 bits per heavy atom. The lowest BCUT2D eigenvalue weighted by molar-refractivity contribution is 0.0896. The zero-order chi connectivity index (χ0) is 16.9. The molecule has 1 aliphatic heterocycles. The number of imidazole rings is 1. The molecule has 2 heterocycles. The highest BCUT2D eigenvalue weighted by molar-refractivity contribution is 5.92. The molecule has 2 aromatic rings. The number of piperidine rings is 1. The maximum atomic E-state index is 12.2. The summed E-state index contributed by atoms with van der Waals surface area (Å²) in [6.45, 7) is 2.62. The van der Waals surface area contributed by atoms with Gasteiger partial charge in [-0.1, -0.05) is 12.1 Å². The summed E-state index contributed by atoms with van der Waals surface area (Å²) in [7, 11) is 1.85. The number of benzene rings is 1. The van der Waals surface area contributed by atoms with Gasteiger partial charge in [0.15, 0.2) is 0 Å². The Kier molecular flexibility index (Phi) is 4.92. The Labute approximate surface area is 141 Å². The summed E-state index contributed by atoms with van der Waals surface area (Å²) in [4.78, 5) is 18.6. The van der Waals surface area contributed by atoms with Crippen molar-refractivity contribution < 1.29 is 4.79 Å². The van der Waals surface area contributed by atoms with Crippen molar-refractivity contribution >= 4 is 5.91 Å². The van der Waals surface area contributed by atoms with Gasteiger partial charge in [-0.15, -0.1) is 0 Å². The van der Waals surface area contributed by atoms with Crippen molar-refractivity contribution in [2.45, 2.75) is 25.4 Å². The van der Waals surface area contributed by atoms with Gasteiger partial charge in [0, 0.05) is 32.4 Å². The molecule has 1 aliphatic rings. The molecule has 0 saturated carbocycles. The zero-order valence-electron chi connectivity index (χ0n) is 13.8. The highest BCUT2D eigenvalue weighted by Gasteiger charge is 2.22. The molecule has 3 rings (SSSR count). The van der Waals surface area contributed by atoms with Crippen molar-refractivity contribution in [3.8, 4) is 6.07 Å². The van der Waals surface area contributed by atoms with E-state index in [0.717, 1.165) is 38.0 Å². The summed E-state index contributed by atoms with van der Waals surface area (Å²) in [5.41, 5.74) is 2.27. The van der Waals surface area contributed by atoms with Gasteiger partial charge in [0.1, 0.15) is 5.69 Å². The Hall–Kier alpha value is -2.65. The maximum Gasteiger partial charge on any atom is 0.271 e. The lowest BCUT2D eigenvalue weighted by Crippen LogP contribution is -2.47. The molecule has 1 fully saturated rings. The van der Waals surface area contributed by atoms with E-state index >= 15 is 0 Å². The summed E-state index contributed by atoms with van der Waals surface area (Å²) in [6, 6.07) is 10.0. The molecule has 1 aromatic heterocycles. The number of carbonyl (C=O) groups excluding carboxylic acids is 1. The van der Waals surface area contributed by atoms with E-state index in [1.807, 2.05) is 31.3 Å². The quantitative estimate of drug-likeness (QED) is 0.929. The fraction of sp³-hybridized carbons (Fsp3) is 0.389. The molecule has 6 nitrogen and oxygen atoms in total. The highest BCUT2D eigenvalue weighted by atomic mass is 16.2. The normalized spacial score (nSPS) is 18.1. The number of amides is 1. The lowest BCUT2D eigenvalue weighted by Gasteiger charge is -2.33. The van der Waals surface area contributed by atoms with Gasteiger partial charge in [-0.25, -0.2) is 4.98 Å². The van der Waals surface area contributed by atoms with Crippen LogP contribution in [-0.4, -0.2) is 39.5 Å². The molecular formula is C18H21N5O. The molecular weight excluding hydrogens is 302 g/mol. The van der Waals surface area contributed by atoms with E-state index in [-0.39, 0.29) is 11.9 Å². The number of nitriles is 1. The van der Waals surface area contributed by atoms with Crippen LogP contribution in [0, 0.1) is 11.3 Å². The Morgan fingerprint density at radius 1 is 1.50 bits per heavy atom. The molecule has 24 heavy (non-hydrogen) atoms. The summed E-state index contributed by atoms with van der Waals surface area (Å²) in [6.07, 6.45) is 5.38. The second kappa shape index (κ2) is 7.28. The first kappa shape index (κ1) is 16.2. The van der Waals surface area contributed by atoms with Gasteiger partial charge in [-0.2, -0.15) is 5.26 Å². The Bertz CT molecular complexity index is 761. The van der Waals surface area contributed by atoms with Crippen LogP contribution in [0.4, 0.5) is 0 Å². The molecule has 1 atom stereocenters. The van der Waals surface area contributed by atoms with Gasteiger partial charge in [-0.3, -0.25) is 9.69 Å². The average Bonchev–Trinajstić information content (AvgIpc) is 3.02. The molecule has 124 valence electrons. The number of nitrogens with one attached hydrogen (secondary N) is 1. The second-order valence-electron chi connectivity index (χ2n) is 6.28. The van der Waals surface area contributed by atoms with E-state index in [9.17, 15) is 4.79 Å². The van der Waals surface area contributed by atoms with Crippen LogP contribution in [0.3, 0.4) is 0 Å².